The summed E-state index contributed by atoms with van der Waals surface area (Å²) in [6.45, 7) is 8.80. The third-order valence-electron chi connectivity index (χ3n) is 4.90. The molecule has 3 rings (SSSR count). The fraction of sp³-hybridized carbons (Fsp3) is 0.625. The Morgan fingerprint density at radius 2 is 1.86 bits per heavy atom. The summed E-state index contributed by atoms with van der Waals surface area (Å²) in [6.07, 6.45) is 4.25. The second-order valence-corrected chi connectivity index (χ2v) is 7.01. The van der Waals surface area contributed by atoms with Gasteiger partial charge in [0.25, 0.3) is 0 Å². The highest BCUT2D eigenvalue weighted by molar-refractivity contribution is 6.64. The van der Waals surface area contributed by atoms with Gasteiger partial charge in [0, 0.05) is 24.6 Å². The molecule has 3 heterocycles. The fourth-order valence-corrected chi connectivity index (χ4v) is 2.82. The molecule has 0 aliphatic carbocycles. The van der Waals surface area contributed by atoms with Gasteiger partial charge in [-0.15, -0.1) is 0 Å². The molecule has 1 aromatic rings. The monoisotopic (exact) mass is 302 g/mol. The second kappa shape index (κ2) is 5.35. The van der Waals surface area contributed by atoms with Crippen molar-refractivity contribution in [3.8, 4) is 0 Å². The van der Waals surface area contributed by atoms with Crippen molar-refractivity contribution in [2.45, 2.75) is 58.2 Å². The number of rotatable bonds is 2. The maximum atomic E-state index is 12.2. The Morgan fingerprint density at radius 1 is 1.18 bits per heavy atom. The highest BCUT2D eigenvalue weighted by Crippen LogP contribution is 2.37. The quantitative estimate of drug-likeness (QED) is 0.783. The van der Waals surface area contributed by atoms with Crippen molar-refractivity contribution < 1.29 is 14.1 Å². The van der Waals surface area contributed by atoms with Crippen molar-refractivity contribution in [1.29, 1.82) is 0 Å². The number of carbonyl (C=O) groups excluding carboxylic acids is 1. The highest BCUT2D eigenvalue weighted by atomic mass is 16.7. The lowest BCUT2D eigenvalue weighted by Gasteiger charge is -2.32. The van der Waals surface area contributed by atoms with Crippen molar-refractivity contribution in [2.75, 3.05) is 11.4 Å². The Morgan fingerprint density at radius 3 is 2.50 bits per heavy atom. The third kappa shape index (κ3) is 2.54. The minimum atomic E-state index is -0.497. The van der Waals surface area contributed by atoms with E-state index < -0.39 is 18.3 Å². The zero-order chi connectivity index (χ0) is 16.0. The Labute approximate surface area is 132 Å². The van der Waals surface area contributed by atoms with Gasteiger partial charge >= 0.3 is 7.12 Å². The van der Waals surface area contributed by atoms with Crippen LogP contribution >= 0.6 is 0 Å². The number of hydrogen-bond donors (Lipinski definition) is 0. The van der Waals surface area contributed by atoms with Gasteiger partial charge in [-0.05, 0) is 46.6 Å². The molecule has 0 N–H and O–H groups in total. The second-order valence-electron chi connectivity index (χ2n) is 7.01. The molecule has 1 aromatic heterocycles. The Hall–Kier alpha value is -1.40. The molecule has 0 bridgehead atoms. The number of hydrogen-bond acceptors (Lipinski definition) is 4. The number of aromatic nitrogens is 1. The maximum Gasteiger partial charge on any atom is 0.498 e. The zero-order valence-corrected chi connectivity index (χ0v) is 13.8. The van der Waals surface area contributed by atoms with Crippen LogP contribution in [0.25, 0.3) is 0 Å². The first kappa shape index (κ1) is 15.5. The van der Waals surface area contributed by atoms with Crippen molar-refractivity contribution >= 4 is 24.3 Å². The summed E-state index contributed by atoms with van der Waals surface area (Å²) in [5.74, 6) is 0.799. The summed E-state index contributed by atoms with van der Waals surface area (Å²) in [5, 5.41) is 0. The molecular weight excluding hydrogens is 279 g/mol. The summed E-state index contributed by atoms with van der Waals surface area (Å²) < 4.78 is 12.2. The van der Waals surface area contributed by atoms with E-state index in [2.05, 4.69) is 4.98 Å². The van der Waals surface area contributed by atoms with Crippen LogP contribution in [-0.2, 0) is 14.1 Å². The molecule has 2 aliphatic rings. The number of anilines is 1. The predicted molar refractivity (Wildman–Crippen MR) is 86.2 cm³/mol. The molecule has 0 aromatic carbocycles. The fourth-order valence-electron chi connectivity index (χ4n) is 2.82. The number of piperidine rings is 1. The van der Waals surface area contributed by atoms with E-state index in [9.17, 15) is 4.79 Å². The van der Waals surface area contributed by atoms with Gasteiger partial charge in [0.05, 0.1) is 11.2 Å². The van der Waals surface area contributed by atoms with E-state index in [1.807, 2.05) is 39.8 Å². The Kier molecular flexibility index (Phi) is 3.77. The SMILES string of the molecule is CC1(C)OB(c2cccnc2N2CCCCC2=O)OC1(C)C. The van der Waals surface area contributed by atoms with E-state index in [0.29, 0.717) is 18.8 Å². The molecule has 118 valence electrons. The molecule has 0 unspecified atom stereocenters. The Balaban J connectivity index is 1.94. The van der Waals surface area contributed by atoms with Gasteiger partial charge in [-0.2, -0.15) is 0 Å². The Bertz CT molecular complexity index is 573. The molecule has 2 fully saturated rings. The lowest BCUT2D eigenvalue weighted by molar-refractivity contribution is -0.119. The van der Waals surface area contributed by atoms with Crippen molar-refractivity contribution in [3.63, 3.8) is 0 Å². The average molecular weight is 302 g/mol. The van der Waals surface area contributed by atoms with Gasteiger partial charge < -0.3 is 9.31 Å². The number of nitrogens with zero attached hydrogens (tertiary/aromatic N) is 2. The van der Waals surface area contributed by atoms with Gasteiger partial charge in [-0.3, -0.25) is 9.69 Å². The van der Waals surface area contributed by atoms with Crippen LogP contribution in [0.3, 0.4) is 0 Å². The van der Waals surface area contributed by atoms with E-state index in [-0.39, 0.29) is 5.91 Å². The van der Waals surface area contributed by atoms with Crippen molar-refractivity contribution in [2.24, 2.45) is 0 Å². The summed E-state index contributed by atoms with van der Waals surface area (Å²) in [7, 11) is -0.497. The van der Waals surface area contributed by atoms with E-state index in [4.69, 9.17) is 9.31 Å². The highest BCUT2D eigenvalue weighted by Gasteiger charge is 2.52. The van der Waals surface area contributed by atoms with Crippen molar-refractivity contribution in [3.05, 3.63) is 18.3 Å². The molecule has 22 heavy (non-hydrogen) atoms. The lowest BCUT2D eigenvalue weighted by atomic mass is 9.79. The molecule has 5 nitrogen and oxygen atoms in total. The molecule has 0 radical (unpaired) electrons. The molecule has 2 saturated heterocycles. The van der Waals surface area contributed by atoms with Crippen LogP contribution in [0.15, 0.2) is 18.3 Å². The van der Waals surface area contributed by atoms with E-state index in [1.165, 1.54) is 0 Å². The average Bonchev–Trinajstić information content (AvgIpc) is 2.68. The standard InChI is InChI=1S/C16H23BN2O3/c1-15(2)16(3,4)22-17(21-15)12-8-7-10-18-14(12)19-11-6-5-9-13(19)20/h7-8,10H,5-6,9,11H2,1-4H3. The van der Waals surface area contributed by atoms with Crippen LogP contribution in [0.2, 0.25) is 0 Å². The smallest absolute Gasteiger partial charge is 0.399 e. The van der Waals surface area contributed by atoms with E-state index in [1.54, 1.807) is 11.1 Å². The van der Waals surface area contributed by atoms with Crippen molar-refractivity contribution in [1.82, 2.24) is 4.98 Å². The van der Waals surface area contributed by atoms with Gasteiger partial charge in [-0.25, -0.2) is 4.98 Å². The number of amides is 1. The molecule has 2 aliphatic heterocycles. The minimum Gasteiger partial charge on any atom is -0.399 e. The zero-order valence-electron chi connectivity index (χ0n) is 13.8. The van der Waals surface area contributed by atoms with Crippen LogP contribution in [0.1, 0.15) is 47.0 Å². The number of carbonyl (C=O) groups is 1. The van der Waals surface area contributed by atoms with E-state index >= 15 is 0 Å². The molecular formula is C16H23BN2O3. The van der Waals surface area contributed by atoms with Gasteiger partial charge in [-0.1, -0.05) is 6.07 Å². The largest absolute Gasteiger partial charge is 0.498 e. The van der Waals surface area contributed by atoms with E-state index in [0.717, 1.165) is 18.3 Å². The predicted octanol–water partition coefficient (Wildman–Crippen LogP) is 1.90. The summed E-state index contributed by atoms with van der Waals surface area (Å²) >= 11 is 0. The molecule has 6 heteroatoms. The normalized spacial score (nSPS) is 23.9. The van der Waals surface area contributed by atoms with Gasteiger partial charge in [0.15, 0.2) is 0 Å². The van der Waals surface area contributed by atoms with Gasteiger partial charge in [0.2, 0.25) is 5.91 Å². The van der Waals surface area contributed by atoms with Crippen LogP contribution < -0.4 is 10.4 Å². The van der Waals surface area contributed by atoms with Crippen LogP contribution in [0.5, 0.6) is 0 Å². The van der Waals surface area contributed by atoms with Gasteiger partial charge in [0.1, 0.15) is 5.82 Å². The third-order valence-corrected chi connectivity index (χ3v) is 4.90. The maximum absolute atomic E-state index is 12.2. The first-order valence-corrected chi connectivity index (χ1v) is 7.93. The minimum absolute atomic E-state index is 0.128. The molecule has 0 atom stereocenters. The van der Waals surface area contributed by atoms with Crippen LogP contribution in [0, 0.1) is 0 Å². The molecule has 0 spiro atoms. The molecule has 0 saturated carbocycles. The first-order valence-electron chi connectivity index (χ1n) is 7.93. The number of pyridine rings is 1. The van der Waals surface area contributed by atoms with Crippen LogP contribution in [-0.4, -0.2) is 35.8 Å². The summed E-state index contributed by atoms with van der Waals surface area (Å²) in [6, 6.07) is 3.80. The topological polar surface area (TPSA) is 51.7 Å². The summed E-state index contributed by atoms with van der Waals surface area (Å²) in [4.78, 5) is 18.4. The first-order chi connectivity index (χ1) is 10.3. The van der Waals surface area contributed by atoms with Crippen LogP contribution in [0.4, 0.5) is 5.82 Å². The molecule has 1 amide bonds. The summed E-state index contributed by atoms with van der Waals surface area (Å²) in [5.41, 5.74) is 0.0179. The lowest BCUT2D eigenvalue weighted by Crippen LogP contribution is -2.44.